The number of ether oxygens (including phenoxy) is 2. The summed E-state index contributed by atoms with van der Waals surface area (Å²) < 4.78 is 17.7. The number of benzene rings is 2. The lowest BCUT2D eigenvalue weighted by atomic mass is 9.72. The first-order valence-electron chi connectivity index (χ1n) is 17.5. The van der Waals surface area contributed by atoms with Gasteiger partial charge in [-0.25, -0.2) is 4.98 Å². The van der Waals surface area contributed by atoms with Crippen molar-refractivity contribution in [2.45, 2.75) is 110 Å². The summed E-state index contributed by atoms with van der Waals surface area (Å²) in [4.78, 5) is 22.1. The van der Waals surface area contributed by atoms with Crippen molar-refractivity contribution in [3.8, 4) is 21.4 Å². The number of hydrogen-bond acceptors (Lipinski definition) is 6. The number of thiazole rings is 1. The van der Waals surface area contributed by atoms with Gasteiger partial charge in [0.1, 0.15) is 5.75 Å². The number of nitrogens with zero attached hydrogens (tertiary/aromatic N) is 2. The Kier molecular flexibility index (Phi) is 11.2. The van der Waals surface area contributed by atoms with Crippen LogP contribution in [0.3, 0.4) is 0 Å². The van der Waals surface area contributed by atoms with Gasteiger partial charge < -0.3 is 18.8 Å². The molecule has 2 aliphatic rings. The first-order valence-corrected chi connectivity index (χ1v) is 21.3. The van der Waals surface area contributed by atoms with Crippen LogP contribution < -0.4 is 14.4 Å². The van der Waals surface area contributed by atoms with Gasteiger partial charge in [-0.2, -0.15) is 0 Å². The molecule has 6 nitrogen and oxygen atoms in total. The van der Waals surface area contributed by atoms with Gasteiger partial charge in [-0.3, -0.25) is 4.79 Å². The fraction of sp³-hybridized carbons (Fsp3) is 0.590. The topological polar surface area (TPSA) is 60.9 Å². The molecule has 5 rings (SSSR count). The van der Waals surface area contributed by atoms with E-state index in [0.29, 0.717) is 22.9 Å². The predicted octanol–water partition coefficient (Wildman–Crippen LogP) is 10.3. The van der Waals surface area contributed by atoms with E-state index in [1.54, 1.807) is 14.2 Å². The fourth-order valence-electron chi connectivity index (χ4n) is 7.30. The molecule has 2 saturated carbocycles. The van der Waals surface area contributed by atoms with E-state index in [1.807, 2.05) is 6.20 Å². The third-order valence-corrected chi connectivity index (χ3v) is 16.9. The van der Waals surface area contributed by atoms with Gasteiger partial charge in [0.25, 0.3) is 5.19 Å². The Labute approximate surface area is 288 Å². The van der Waals surface area contributed by atoms with Crippen molar-refractivity contribution in [2.75, 3.05) is 25.7 Å². The van der Waals surface area contributed by atoms with Gasteiger partial charge >= 0.3 is 0 Å². The number of anilines is 1. The molecule has 0 saturated heterocycles. The molecule has 1 amide bonds. The van der Waals surface area contributed by atoms with Gasteiger partial charge in [0.15, 0.2) is 8.32 Å². The zero-order chi connectivity index (χ0) is 33.9. The van der Waals surface area contributed by atoms with Gasteiger partial charge in [-0.15, -0.1) is 0 Å². The van der Waals surface area contributed by atoms with Gasteiger partial charge in [-0.1, -0.05) is 63.3 Å². The Morgan fingerprint density at radius 2 is 1.74 bits per heavy atom. The van der Waals surface area contributed by atoms with Crippen LogP contribution in [0.1, 0.15) is 89.7 Å². The van der Waals surface area contributed by atoms with Crippen molar-refractivity contribution in [3.63, 3.8) is 0 Å². The number of hydrogen-bond donors (Lipinski definition) is 0. The molecule has 8 heteroatoms. The molecule has 3 aromatic rings. The lowest BCUT2D eigenvalue weighted by Crippen LogP contribution is -2.46. The average Bonchev–Trinajstić information content (AvgIpc) is 3.53. The third kappa shape index (κ3) is 8.31. The number of rotatable bonds is 10. The molecule has 256 valence electrons. The molecule has 1 heterocycles. The van der Waals surface area contributed by atoms with E-state index < -0.39 is 8.32 Å². The molecule has 0 N–H and O–H groups in total. The summed E-state index contributed by atoms with van der Waals surface area (Å²) in [7, 11) is 1.54. The summed E-state index contributed by atoms with van der Waals surface area (Å²) in [5.41, 5.74) is 4.66. The highest BCUT2D eigenvalue weighted by molar-refractivity contribution is 7.16. The molecule has 0 spiro atoms. The molecular weight excluding hydrogens is 621 g/mol. The first-order chi connectivity index (χ1) is 22.3. The molecule has 3 unspecified atom stereocenters. The Balaban J connectivity index is 1.34. The maximum Gasteiger partial charge on any atom is 0.273 e. The van der Waals surface area contributed by atoms with E-state index in [0.717, 1.165) is 73.4 Å². The van der Waals surface area contributed by atoms with Gasteiger partial charge in [0.05, 0.1) is 19.1 Å². The van der Waals surface area contributed by atoms with E-state index in [1.165, 1.54) is 22.5 Å². The maximum atomic E-state index is 14.6. The second kappa shape index (κ2) is 14.8. The quantitative estimate of drug-likeness (QED) is 0.200. The Bertz CT molecular complexity index is 1510. The van der Waals surface area contributed by atoms with Crippen LogP contribution in [0.4, 0.5) is 5.69 Å². The highest BCUT2D eigenvalue weighted by Crippen LogP contribution is 2.43. The van der Waals surface area contributed by atoms with Crippen molar-refractivity contribution in [3.05, 3.63) is 59.8 Å². The number of carbonyl (C=O) groups is 1. The summed E-state index contributed by atoms with van der Waals surface area (Å²) >= 11 is 1.53. The largest absolute Gasteiger partial charge is 0.496 e. The maximum absolute atomic E-state index is 14.6. The summed E-state index contributed by atoms with van der Waals surface area (Å²) in [5.74, 6) is 2.74. The van der Waals surface area contributed by atoms with E-state index in [9.17, 15) is 4.79 Å². The number of methoxy groups -OCH3 is 2. The minimum Gasteiger partial charge on any atom is -0.496 e. The van der Waals surface area contributed by atoms with Crippen molar-refractivity contribution < 1.29 is 18.7 Å². The molecule has 2 aliphatic carbocycles. The molecule has 0 bridgehead atoms. The van der Waals surface area contributed by atoms with E-state index in [2.05, 4.69) is 100 Å². The average molecular weight is 677 g/mol. The zero-order valence-electron chi connectivity index (χ0n) is 30.1. The third-order valence-electron chi connectivity index (χ3n) is 11.3. The van der Waals surface area contributed by atoms with Crippen LogP contribution in [0.5, 0.6) is 10.9 Å². The molecule has 2 fully saturated rings. The molecule has 0 radical (unpaired) electrons. The number of aromatic nitrogens is 1. The van der Waals surface area contributed by atoms with Gasteiger partial charge in [-0.05, 0) is 123 Å². The minimum absolute atomic E-state index is 0.0235. The van der Waals surface area contributed by atoms with Crippen LogP contribution in [0.15, 0.2) is 48.7 Å². The lowest BCUT2D eigenvalue weighted by molar-refractivity contribution is -0.124. The number of amides is 1. The van der Waals surface area contributed by atoms with Crippen LogP contribution in [0.25, 0.3) is 10.4 Å². The Hall–Kier alpha value is -2.68. The normalized spacial score (nSPS) is 23.7. The molecule has 1 aromatic heterocycles. The van der Waals surface area contributed by atoms with Crippen molar-refractivity contribution >= 4 is 31.2 Å². The molecule has 2 aromatic carbocycles. The van der Waals surface area contributed by atoms with E-state index in [4.69, 9.17) is 13.9 Å². The second-order valence-electron chi connectivity index (χ2n) is 15.5. The summed E-state index contributed by atoms with van der Waals surface area (Å²) in [6.45, 7) is 16.8. The molecule has 0 aliphatic heterocycles. The minimum atomic E-state index is -1.85. The zero-order valence-corrected chi connectivity index (χ0v) is 31.9. The number of aryl methyl sites for hydroxylation is 1. The monoisotopic (exact) mass is 676 g/mol. The predicted molar refractivity (Wildman–Crippen MR) is 197 cm³/mol. The Morgan fingerprint density at radius 3 is 2.36 bits per heavy atom. The van der Waals surface area contributed by atoms with Crippen LogP contribution in [-0.4, -0.2) is 46.1 Å². The fourth-order valence-corrected chi connectivity index (χ4v) is 9.45. The summed E-state index contributed by atoms with van der Waals surface area (Å²) in [5, 5.41) is 0.832. The van der Waals surface area contributed by atoms with Crippen LogP contribution >= 0.6 is 11.3 Å². The van der Waals surface area contributed by atoms with E-state index in [-0.39, 0.29) is 23.0 Å². The summed E-state index contributed by atoms with van der Waals surface area (Å²) in [6, 6.07) is 15.1. The SMILES string of the molecule is COc1ncc(-c2cccc(N(CC3CCC(c4ccc(OC)c(C)c4)CC3C)C(=O)C3CCC(O[Si](C)(C)C(C)(C)C)CC3)c2)s1. The Morgan fingerprint density at radius 1 is 1.00 bits per heavy atom. The molecule has 47 heavy (non-hydrogen) atoms. The smallest absolute Gasteiger partial charge is 0.273 e. The van der Waals surface area contributed by atoms with Crippen LogP contribution in [0.2, 0.25) is 18.1 Å². The van der Waals surface area contributed by atoms with E-state index >= 15 is 0 Å². The van der Waals surface area contributed by atoms with Gasteiger partial charge in [0.2, 0.25) is 5.91 Å². The van der Waals surface area contributed by atoms with Crippen molar-refractivity contribution in [1.82, 2.24) is 4.98 Å². The highest BCUT2D eigenvalue weighted by Gasteiger charge is 2.41. The highest BCUT2D eigenvalue weighted by atomic mass is 32.1. The standard InChI is InChI=1S/C39H56N2O4SSi/c1-26-21-29(30-17-20-35(43-6)27(2)22-30)13-14-32(26)25-41(33-12-10-11-31(23-33)36-24-40-38(44-7)46-36)37(42)28-15-18-34(19-16-28)45-47(8,9)39(3,4)5/h10-12,17,20,22-24,26,28-29,32,34H,13-16,18-19,21,25H2,1-9H3. The molecule has 3 atom stereocenters. The van der Waals surface area contributed by atoms with Crippen molar-refractivity contribution in [2.24, 2.45) is 17.8 Å². The number of carbonyl (C=O) groups excluding carboxylic acids is 1. The van der Waals surface area contributed by atoms with Gasteiger partial charge in [0, 0.05) is 30.5 Å². The summed E-state index contributed by atoms with van der Waals surface area (Å²) in [6.07, 6.45) is 9.20. The van der Waals surface area contributed by atoms with Crippen molar-refractivity contribution in [1.29, 1.82) is 0 Å². The lowest BCUT2D eigenvalue weighted by Gasteiger charge is -2.42. The van der Waals surface area contributed by atoms with Crippen LogP contribution in [-0.2, 0) is 9.22 Å². The van der Waals surface area contributed by atoms with Crippen LogP contribution in [0, 0.1) is 24.7 Å². The molecular formula is C39H56N2O4SSi. The first kappa shape index (κ1) is 35.6. The second-order valence-corrected chi connectivity index (χ2v) is 21.3.